The first kappa shape index (κ1) is 15.4. The molecule has 4 heteroatoms. The normalized spacial score (nSPS) is 13.9. The van der Waals surface area contributed by atoms with Gasteiger partial charge in [0.15, 0.2) is 5.78 Å². The molecule has 3 aromatic rings. The lowest BCUT2D eigenvalue weighted by molar-refractivity contribution is -0.134. The van der Waals surface area contributed by atoms with Crippen molar-refractivity contribution in [2.24, 2.45) is 0 Å². The van der Waals surface area contributed by atoms with Crippen molar-refractivity contribution in [1.82, 2.24) is 4.57 Å². The highest BCUT2D eigenvalue weighted by atomic mass is 19.1. The molecule has 0 saturated carbocycles. The van der Waals surface area contributed by atoms with Gasteiger partial charge in [-0.15, -0.1) is 0 Å². The molecule has 1 heterocycles. The van der Waals surface area contributed by atoms with Gasteiger partial charge in [-0.2, -0.15) is 0 Å². The maximum Gasteiger partial charge on any atom is 0.162 e. The highest BCUT2D eigenvalue weighted by Crippen LogP contribution is 2.29. The van der Waals surface area contributed by atoms with Gasteiger partial charge in [-0.1, -0.05) is 30.3 Å². The maximum atomic E-state index is 14.4. The zero-order chi connectivity index (χ0) is 16.6. The highest BCUT2D eigenvalue weighted by molar-refractivity contribution is 5.87. The fourth-order valence-corrected chi connectivity index (χ4v) is 2.63. The van der Waals surface area contributed by atoms with Crippen LogP contribution in [-0.4, -0.2) is 21.1 Å². The van der Waals surface area contributed by atoms with Gasteiger partial charge in [-0.3, -0.25) is 4.79 Å². The first-order valence-corrected chi connectivity index (χ1v) is 7.46. The molecule has 1 N–H and O–H groups in total. The van der Waals surface area contributed by atoms with Crippen molar-refractivity contribution < 1.29 is 14.3 Å². The van der Waals surface area contributed by atoms with E-state index >= 15 is 0 Å². The second kappa shape index (κ2) is 5.63. The van der Waals surface area contributed by atoms with E-state index < -0.39 is 5.60 Å². The fraction of sp³-hybridized carbons (Fsp3) is 0.211. The standard InChI is InChI=1S/C19H18FNO2/c1-13(22)19(2,23)12-21-9-8-15-10-17(20)16(11-18(15)21)14-6-4-3-5-7-14/h3-11,23H,12H2,1-2H3. The number of hydrogen-bond acceptors (Lipinski definition) is 2. The van der Waals surface area contributed by atoms with E-state index in [1.807, 2.05) is 30.3 Å². The van der Waals surface area contributed by atoms with Gasteiger partial charge >= 0.3 is 0 Å². The highest BCUT2D eigenvalue weighted by Gasteiger charge is 2.27. The average Bonchev–Trinajstić information content (AvgIpc) is 2.88. The van der Waals surface area contributed by atoms with Gasteiger partial charge in [0.1, 0.15) is 11.4 Å². The summed E-state index contributed by atoms with van der Waals surface area (Å²) in [5, 5.41) is 11.0. The molecule has 0 fully saturated rings. The third-order valence-corrected chi connectivity index (χ3v) is 4.18. The predicted molar refractivity (Wildman–Crippen MR) is 88.6 cm³/mol. The molecule has 0 aliphatic heterocycles. The van der Waals surface area contributed by atoms with Gasteiger partial charge in [0.05, 0.1) is 6.54 Å². The molecule has 1 atom stereocenters. The van der Waals surface area contributed by atoms with Crippen LogP contribution in [0.5, 0.6) is 0 Å². The van der Waals surface area contributed by atoms with Crippen LogP contribution in [0.1, 0.15) is 13.8 Å². The smallest absolute Gasteiger partial charge is 0.162 e. The van der Waals surface area contributed by atoms with E-state index in [0.29, 0.717) is 5.56 Å². The number of halogens is 1. The molecule has 0 aliphatic carbocycles. The van der Waals surface area contributed by atoms with E-state index in [-0.39, 0.29) is 18.1 Å². The second-order valence-electron chi connectivity index (χ2n) is 6.03. The Morgan fingerprint density at radius 1 is 1.22 bits per heavy atom. The molecule has 1 aromatic heterocycles. The van der Waals surface area contributed by atoms with E-state index in [1.165, 1.54) is 19.9 Å². The van der Waals surface area contributed by atoms with Gasteiger partial charge in [-0.05, 0) is 37.6 Å². The zero-order valence-corrected chi connectivity index (χ0v) is 13.1. The Hall–Kier alpha value is -2.46. The number of Topliss-reactive ketones (excluding diaryl/α,β-unsaturated/α-hetero) is 1. The number of carbonyl (C=O) groups excluding carboxylic acids is 1. The van der Waals surface area contributed by atoms with Gasteiger partial charge in [-0.25, -0.2) is 4.39 Å². The number of rotatable bonds is 4. The van der Waals surface area contributed by atoms with Crippen LogP contribution in [0, 0.1) is 5.82 Å². The lowest BCUT2D eigenvalue weighted by Crippen LogP contribution is -2.37. The quantitative estimate of drug-likeness (QED) is 0.796. The van der Waals surface area contributed by atoms with Crippen molar-refractivity contribution in [1.29, 1.82) is 0 Å². The minimum Gasteiger partial charge on any atom is -0.380 e. The lowest BCUT2D eigenvalue weighted by atomic mass is 10.0. The number of fused-ring (bicyclic) bond motifs is 1. The monoisotopic (exact) mass is 311 g/mol. The molecule has 23 heavy (non-hydrogen) atoms. The lowest BCUT2D eigenvalue weighted by Gasteiger charge is -2.21. The van der Waals surface area contributed by atoms with Crippen LogP contribution >= 0.6 is 0 Å². The molecule has 118 valence electrons. The first-order valence-electron chi connectivity index (χ1n) is 7.46. The molecule has 3 nitrogen and oxygen atoms in total. The zero-order valence-electron chi connectivity index (χ0n) is 13.1. The van der Waals surface area contributed by atoms with E-state index in [1.54, 1.807) is 22.9 Å². The van der Waals surface area contributed by atoms with E-state index in [2.05, 4.69) is 0 Å². The topological polar surface area (TPSA) is 42.2 Å². The Morgan fingerprint density at radius 3 is 2.57 bits per heavy atom. The van der Waals surface area contributed by atoms with Crippen molar-refractivity contribution in [2.45, 2.75) is 26.0 Å². The molecule has 0 aliphatic rings. The number of nitrogens with zero attached hydrogens (tertiary/aromatic N) is 1. The minimum absolute atomic E-state index is 0.131. The summed E-state index contributed by atoms with van der Waals surface area (Å²) in [5.41, 5.74) is 0.623. The number of aliphatic hydroxyl groups is 1. The Labute approximate surface area is 134 Å². The Kier molecular flexibility index (Phi) is 3.78. The van der Waals surface area contributed by atoms with E-state index in [9.17, 15) is 14.3 Å². The van der Waals surface area contributed by atoms with Gasteiger partial charge in [0.25, 0.3) is 0 Å². The Balaban J connectivity index is 2.11. The number of carbonyl (C=O) groups is 1. The Morgan fingerprint density at radius 2 is 1.91 bits per heavy atom. The van der Waals surface area contributed by atoms with Crippen molar-refractivity contribution >= 4 is 16.7 Å². The molecule has 2 aromatic carbocycles. The van der Waals surface area contributed by atoms with Crippen LogP contribution < -0.4 is 0 Å². The molecule has 1 unspecified atom stereocenters. The number of ketones is 1. The molecule has 0 bridgehead atoms. The molecular weight excluding hydrogens is 293 g/mol. The second-order valence-corrected chi connectivity index (χ2v) is 6.03. The summed E-state index contributed by atoms with van der Waals surface area (Å²) in [6.45, 7) is 2.98. The third-order valence-electron chi connectivity index (χ3n) is 4.18. The summed E-state index contributed by atoms with van der Waals surface area (Å²) in [7, 11) is 0. The van der Waals surface area contributed by atoms with Crippen LogP contribution in [0.25, 0.3) is 22.0 Å². The summed E-state index contributed by atoms with van der Waals surface area (Å²) >= 11 is 0. The maximum absolute atomic E-state index is 14.4. The van der Waals surface area contributed by atoms with Crippen LogP contribution in [0.15, 0.2) is 54.7 Å². The summed E-state index contributed by atoms with van der Waals surface area (Å²) in [5.74, 6) is -0.593. The minimum atomic E-state index is -1.45. The summed E-state index contributed by atoms with van der Waals surface area (Å²) in [6.07, 6.45) is 1.76. The van der Waals surface area contributed by atoms with Crippen LogP contribution in [0.4, 0.5) is 4.39 Å². The van der Waals surface area contributed by atoms with Crippen LogP contribution in [-0.2, 0) is 11.3 Å². The van der Waals surface area contributed by atoms with Crippen LogP contribution in [0.2, 0.25) is 0 Å². The van der Waals surface area contributed by atoms with Crippen molar-refractivity contribution in [3.8, 4) is 11.1 Å². The van der Waals surface area contributed by atoms with Crippen molar-refractivity contribution in [3.63, 3.8) is 0 Å². The van der Waals surface area contributed by atoms with E-state index in [4.69, 9.17) is 0 Å². The van der Waals surface area contributed by atoms with Crippen molar-refractivity contribution in [2.75, 3.05) is 0 Å². The predicted octanol–water partition coefficient (Wildman–Crippen LogP) is 3.79. The summed E-state index contributed by atoms with van der Waals surface area (Å²) in [6, 6.07) is 14.3. The van der Waals surface area contributed by atoms with Gasteiger partial charge in [0.2, 0.25) is 0 Å². The van der Waals surface area contributed by atoms with E-state index in [0.717, 1.165) is 16.5 Å². The number of aromatic nitrogens is 1. The molecule has 0 amide bonds. The van der Waals surface area contributed by atoms with Crippen molar-refractivity contribution in [3.05, 3.63) is 60.5 Å². The number of hydrogen-bond donors (Lipinski definition) is 1. The van der Waals surface area contributed by atoms with Gasteiger partial charge in [0, 0.05) is 22.7 Å². The van der Waals surface area contributed by atoms with Crippen LogP contribution in [0.3, 0.4) is 0 Å². The summed E-state index contributed by atoms with van der Waals surface area (Å²) in [4.78, 5) is 11.5. The molecular formula is C19H18FNO2. The average molecular weight is 311 g/mol. The third kappa shape index (κ3) is 2.90. The summed E-state index contributed by atoms with van der Waals surface area (Å²) < 4.78 is 16.1. The van der Waals surface area contributed by atoms with Gasteiger partial charge < -0.3 is 9.67 Å². The molecule has 0 spiro atoms. The number of benzene rings is 2. The molecule has 3 rings (SSSR count). The fourth-order valence-electron chi connectivity index (χ4n) is 2.63. The largest absolute Gasteiger partial charge is 0.380 e. The molecule has 0 radical (unpaired) electrons. The molecule has 0 saturated heterocycles. The Bertz CT molecular complexity index is 866. The SMILES string of the molecule is CC(=O)C(C)(O)Cn1ccc2cc(F)c(-c3ccccc3)cc21. The first-order chi connectivity index (χ1) is 10.9.